The molecule has 3 heteroatoms. The van der Waals surface area contributed by atoms with E-state index in [0.29, 0.717) is 12.1 Å². The maximum Gasteiger partial charge on any atom is 0.0867 e. The van der Waals surface area contributed by atoms with Gasteiger partial charge in [0.05, 0.1) is 12.7 Å². The van der Waals surface area contributed by atoms with Crippen LogP contribution in [0.15, 0.2) is 12.7 Å². The van der Waals surface area contributed by atoms with E-state index >= 15 is 0 Å². The molecule has 0 aromatic rings. The van der Waals surface area contributed by atoms with Crippen LogP contribution in [0.2, 0.25) is 0 Å². The van der Waals surface area contributed by atoms with Crippen LogP contribution in [0.4, 0.5) is 0 Å². The zero-order valence-electron chi connectivity index (χ0n) is 8.04. The number of fused-ring (bicyclic) bond motifs is 1. The molecule has 0 aromatic carbocycles. The Morgan fingerprint density at radius 3 is 3.31 bits per heavy atom. The van der Waals surface area contributed by atoms with Gasteiger partial charge in [0.1, 0.15) is 0 Å². The van der Waals surface area contributed by atoms with E-state index in [1.54, 1.807) is 0 Å². The molecule has 2 fully saturated rings. The number of nitrogens with zero attached hydrogens (tertiary/aromatic N) is 1. The first-order valence-electron chi connectivity index (χ1n) is 5.09. The molecule has 2 rings (SSSR count). The number of morpholine rings is 1. The van der Waals surface area contributed by atoms with Crippen molar-refractivity contribution in [1.82, 2.24) is 10.2 Å². The van der Waals surface area contributed by atoms with Gasteiger partial charge in [-0.1, -0.05) is 6.08 Å². The molecular weight excluding hydrogens is 164 g/mol. The van der Waals surface area contributed by atoms with Crippen molar-refractivity contribution in [2.45, 2.75) is 18.6 Å². The summed E-state index contributed by atoms with van der Waals surface area (Å²) in [6, 6.07) is 0.605. The molecule has 13 heavy (non-hydrogen) atoms. The van der Waals surface area contributed by atoms with Gasteiger partial charge in [0, 0.05) is 32.2 Å². The molecule has 2 heterocycles. The van der Waals surface area contributed by atoms with Gasteiger partial charge < -0.3 is 10.1 Å². The van der Waals surface area contributed by atoms with Gasteiger partial charge in [-0.3, -0.25) is 4.90 Å². The maximum absolute atomic E-state index is 5.68. The molecule has 0 aromatic heterocycles. The highest BCUT2D eigenvalue weighted by Crippen LogP contribution is 2.17. The smallest absolute Gasteiger partial charge is 0.0867 e. The summed E-state index contributed by atoms with van der Waals surface area (Å²) in [5, 5.41) is 3.38. The Morgan fingerprint density at radius 2 is 2.46 bits per heavy atom. The predicted molar refractivity (Wildman–Crippen MR) is 52.8 cm³/mol. The third kappa shape index (κ3) is 1.93. The summed E-state index contributed by atoms with van der Waals surface area (Å²) >= 11 is 0. The second-order valence-corrected chi connectivity index (χ2v) is 3.75. The fourth-order valence-electron chi connectivity index (χ4n) is 2.20. The Kier molecular flexibility index (Phi) is 2.98. The molecule has 1 N–H and O–H groups in total. The molecule has 0 saturated carbocycles. The van der Waals surface area contributed by atoms with E-state index in [1.807, 2.05) is 6.08 Å². The minimum absolute atomic E-state index is 0.429. The Morgan fingerprint density at radius 1 is 1.54 bits per heavy atom. The minimum Gasteiger partial charge on any atom is -0.374 e. The number of ether oxygens (including phenoxy) is 1. The van der Waals surface area contributed by atoms with E-state index in [1.165, 1.54) is 0 Å². The van der Waals surface area contributed by atoms with Crippen LogP contribution >= 0.6 is 0 Å². The van der Waals surface area contributed by atoms with Gasteiger partial charge in [-0.05, 0) is 6.42 Å². The quantitative estimate of drug-likeness (QED) is 0.633. The number of nitrogens with one attached hydrogen (secondary N) is 1. The van der Waals surface area contributed by atoms with Gasteiger partial charge in [-0.25, -0.2) is 0 Å². The van der Waals surface area contributed by atoms with Crippen molar-refractivity contribution in [3.05, 3.63) is 12.7 Å². The molecule has 0 radical (unpaired) electrons. The van der Waals surface area contributed by atoms with E-state index in [0.717, 1.165) is 39.2 Å². The second kappa shape index (κ2) is 4.22. The fraction of sp³-hybridized carbons (Fsp3) is 0.800. The van der Waals surface area contributed by atoms with Crippen molar-refractivity contribution in [3.63, 3.8) is 0 Å². The highest BCUT2D eigenvalue weighted by Gasteiger charge is 2.35. The van der Waals surface area contributed by atoms with Crippen LogP contribution in [0, 0.1) is 0 Å². The minimum atomic E-state index is 0.429. The van der Waals surface area contributed by atoms with Crippen molar-refractivity contribution in [3.8, 4) is 0 Å². The molecule has 74 valence electrons. The lowest BCUT2D eigenvalue weighted by molar-refractivity contribution is -0.0459. The van der Waals surface area contributed by atoms with Gasteiger partial charge >= 0.3 is 0 Å². The van der Waals surface area contributed by atoms with Crippen LogP contribution in [0.5, 0.6) is 0 Å². The average molecular weight is 182 g/mol. The van der Waals surface area contributed by atoms with Gasteiger partial charge in [0.2, 0.25) is 0 Å². The Bertz CT molecular complexity index is 184. The summed E-state index contributed by atoms with van der Waals surface area (Å²) in [4.78, 5) is 2.52. The average Bonchev–Trinajstić information content (AvgIpc) is 2.62. The van der Waals surface area contributed by atoms with E-state index in [4.69, 9.17) is 4.74 Å². The topological polar surface area (TPSA) is 24.5 Å². The van der Waals surface area contributed by atoms with Gasteiger partial charge in [-0.2, -0.15) is 0 Å². The molecule has 0 aliphatic carbocycles. The number of rotatable bonds is 3. The van der Waals surface area contributed by atoms with Crippen molar-refractivity contribution in [2.24, 2.45) is 0 Å². The first-order chi connectivity index (χ1) is 6.42. The molecule has 0 bridgehead atoms. The summed E-state index contributed by atoms with van der Waals surface area (Å²) in [6.07, 6.45) is 3.51. The standard InChI is InChI=1S/C10H18N2O/c1-2-3-4-12-5-6-13-10-8-11-7-9(10)12/h2,9-11H,1,3-8H2/t9-,10+/m1/s1. The number of hydrogen-bond acceptors (Lipinski definition) is 3. The van der Waals surface area contributed by atoms with Crippen LogP contribution in [-0.2, 0) is 4.74 Å². The summed E-state index contributed by atoms with van der Waals surface area (Å²) in [5.74, 6) is 0. The molecule has 2 aliphatic heterocycles. The summed E-state index contributed by atoms with van der Waals surface area (Å²) in [5.41, 5.74) is 0. The molecular formula is C10H18N2O. The van der Waals surface area contributed by atoms with Crippen LogP contribution in [0.1, 0.15) is 6.42 Å². The highest BCUT2D eigenvalue weighted by molar-refractivity contribution is 4.92. The van der Waals surface area contributed by atoms with E-state index in [2.05, 4.69) is 16.8 Å². The first-order valence-corrected chi connectivity index (χ1v) is 5.09. The second-order valence-electron chi connectivity index (χ2n) is 3.75. The van der Waals surface area contributed by atoms with E-state index in [9.17, 15) is 0 Å². The van der Waals surface area contributed by atoms with E-state index < -0.39 is 0 Å². The Labute approximate surface area is 79.7 Å². The molecule has 0 spiro atoms. The van der Waals surface area contributed by atoms with Gasteiger partial charge in [0.15, 0.2) is 0 Å². The Hall–Kier alpha value is -0.380. The number of hydrogen-bond donors (Lipinski definition) is 1. The normalized spacial score (nSPS) is 34.5. The predicted octanol–water partition coefficient (Wildman–Crippen LogP) is 0.235. The van der Waals surface area contributed by atoms with Crippen LogP contribution in [0.25, 0.3) is 0 Å². The largest absolute Gasteiger partial charge is 0.374 e. The first kappa shape index (κ1) is 9.19. The van der Waals surface area contributed by atoms with Crippen LogP contribution < -0.4 is 5.32 Å². The zero-order valence-corrected chi connectivity index (χ0v) is 8.04. The summed E-state index contributed by atoms with van der Waals surface area (Å²) in [6.45, 7) is 8.97. The van der Waals surface area contributed by atoms with Crippen molar-refractivity contribution in [1.29, 1.82) is 0 Å². The molecule has 2 atom stereocenters. The van der Waals surface area contributed by atoms with E-state index in [-0.39, 0.29) is 0 Å². The summed E-state index contributed by atoms with van der Waals surface area (Å²) < 4.78 is 5.68. The summed E-state index contributed by atoms with van der Waals surface area (Å²) in [7, 11) is 0. The lowest BCUT2D eigenvalue weighted by Crippen LogP contribution is -2.50. The monoisotopic (exact) mass is 182 g/mol. The van der Waals surface area contributed by atoms with Crippen LogP contribution in [-0.4, -0.2) is 49.8 Å². The molecule has 0 amide bonds. The van der Waals surface area contributed by atoms with Crippen molar-refractivity contribution < 1.29 is 4.74 Å². The molecule has 3 nitrogen and oxygen atoms in total. The van der Waals surface area contributed by atoms with Gasteiger partial charge in [0.25, 0.3) is 0 Å². The lowest BCUT2D eigenvalue weighted by Gasteiger charge is -2.36. The van der Waals surface area contributed by atoms with Gasteiger partial charge in [-0.15, -0.1) is 6.58 Å². The zero-order chi connectivity index (χ0) is 9.10. The SMILES string of the molecule is C=CCCN1CCO[C@H]2CNC[C@H]21. The van der Waals surface area contributed by atoms with Crippen LogP contribution in [0.3, 0.4) is 0 Å². The third-order valence-corrected chi connectivity index (χ3v) is 2.93. The van der Waals surface area contributed by atoms with Crippen molar-refractivity contribution in [2.75, 3.05) is 32.8 Å². The third-order valence-electron chi connectivity index (χ3n) is 2.93. The molecule has 2 aliphatic rings. The Balaban J connectivity index is 1.89. The lowest BCUT2D eigenvalue weighted by atomic mass is 10.1. The maximum atomic E-state index is 5.68. The molecule has 0 unspecified atom stereocenters. The highest BCUT2D eigenvalue weighted by atomic mass is 16.5. The van der Waals surface area contributed by atoms with Crippen molar-refractivity contribution >= 4 is 0 Å². The fourth-order valence-corrected chi connectivity index (χ4v) is 2.20. The molecule has 2 saturated heterocycles.